The van der Waals surface area contributed by atoms with Crippen LogP contribution in [0.5, 0.6) is 5.75 Å². The molecule has 1 atom stereocenters. The van der Waals surface area contributed by atoms with Crippen LogP contribution in [0.2, 0.25) is 0 Å². The number of nitrogens with one attached hydrogen (secondary N) is 1. The summed E-state index contributed by atoms with van der Waals surface area (Å²) in [5.41, 5.74) is 9.60. The summed E-state index contributed by atoms with van der Waals surface area (Å²) >= 11 is 0. The van der Waals surface area contributed by atoms with Gasteiger partial charge < -0.3 is 15.8 Å². The number of carbonyl (C=O) groups excluding carboxylic acids is 2. The summed E-state index contributed by atoms with van der Waals surface area (Å²) in [5.74, 6) is 0.389. The molecular formula is C20H24N4O3. The van der Waals surface area contributed by atoms with Crippen LogP contribution in [-0.4, -0.2) is 29.4 Å². The zero-order chi connectivity index (χ0) is 19.7. The van der Waals surface area contributed by atoms with Gasteiger partial charge in [0.25, 0.3) is 5.91 Å². The van der Waals surface area contributed by atoms with E-state index < -0.39 is 6.10 Å². The third-order valence-corrected chi connectivity index (χ3v) is 4.54. The number of carbonyl (C=O) groups is 2. The van der Waals surface area contributed by atoms with Gasteiger partial charge in [-0.3, -0.25) is 14.5 Å². The van der Waals surface area contributed by atoms with Gasteiger partial charge in [0.05, 0.1) is 0 Å². The number of amides is 2. The van der Waals surface area contributed by atoms with Gasteiger partial charge in [-0.05, 0) is 50.5 Å². The van der Waals surface area contributed by atoms with Crippen LogP contribution in [0.1, 0.15) is 30.0 Å². The van der Waals surface area contributed by atoms with Crippen molar-refractivity contribution < 1.29 is 14.3 Å². The lowest BCUT2D eigenvalue weighted by atomic mass is 10.1. The minimum atomic E-state index is -0.640. The Morgan fingerprint density at radius 2 is 1.93 bits per heavy atom. The molecule has 1 aromatic heterocycles. The predicted octanol–water partition coefficient (Wildman–Crippen LogP) is 2.73. The molecule has 0 bridgehead atoms. The maximum atomic E-state index is 12.7. The van der Waals surface area contributed by atoms with Gasteiger partial charge in [0.2, 0.25) is 5.91 Å². The molecular weight excluding hydrogens is 344 g/mol. The third kappa shape index (κ3) is 3.72. The lowest BCUT2D eigenvalue weighted by Crippen LogP contribution is -2.49. The van der Waals surface area contributed by atoms with E-state index in [0.29, 0.717) is 12.2 Å². The zero-order valence-electron chi connectivity index (χ0n) is 16.0. The Hall–Kier alpha value is -3.09. The Kier molecular flexibility index (Phi) is 5.03. The van der Waals surface area contributed by atoms with Gasteiger partial charge in [-0.25, -0.2) is 4.98 Å². The Morgan fingerprint density at radius 3 is 2.56 bits per heavy atom. The number of hydrogen-bond donors (Lipinski definition) is 2. The average Bonchev–Trinajstić information content (AvgIpc) is 2.60. The fourth-order valence-electron chi connectivity index (χ4n) is 3.33. The summed E-state index contributed by atoms with van der Waals surface area (Å²) in [6.07, 6.45) is -0.143. The standard InChI is InChI=1S/C20H24N4O3/c1-5-14-20(26)24(19-15(27-14)6-7-16(21)22-19)10-17(25)23-18-12(3)8-11(2)9-13(18)4/h6-9,14H,5,10H2,1-4H3,(H2,21,22)(H,23,25). The molecule has 7 nitrogen and oxygen atoms in total. The van der Waals surface area contributed by atoms with Crippen LogP contribution in [-0.2, 0) is 9.59 Å². The summed E-state index contributed by atoms with van der Waals surface area (Å²) < 4.78 is 5.69. The molecule has 0 radical (unpaired) electrons. The van der Waals surface area contributed by atoms with Gasteiger partial charge in [0.1, 0.15) is 12.4 Å². The maximum absolute atomic E-state index is 12.7. The average molecular weight is 368 g/mol. The minimum absolute atomic E-state index is 0.158. The largest absolute Gasteiger partial charge is 0.477 e. The Balaban J connectivity index is 1.87. The molecule has 0 saturated carbocycles. The number of fused-ring (bicyclic) bond motifs is 1. The molecule has 2 aromatic rings. The first-order valence-electron chi connectivity index (χ1n) is 8.92. The second kappa shape index (κ2) is 7.26. The Morgan fingerprint density at radius 1 is 1.26 bits per heavy atom. The normalized spacial score (nSPS) is 15.9. The van der Waals surface area contributed by atoms with Crippen molar-refractivity contribution >= 4 is 29.1 Å². The quantitative estimate of drug-likeness (QED) is 0.865. The highest BCUT2D eigenvalue weighted by atomic mass is 16.5. The summed E-state index contributed by atoms with van der Waals surface area (Å²) in [6.45, 7) is 7.60. The van der Waals surface area contributed by atoms with Crippen LogP contribution in [0.3, 0.4) is 0 Å². The molecule has 2 heterocycles. The summed E-state index contributed by atoms with van der Waals surface area (Å²) in [4.78, 5) is 31.0. The number of hydrogen-bond acceptors (Lipinski definition) is 5. The van der Waals surface area contributed by atoms with E-state index in [0.717, 1.165) is 22.4 Å². The summed E-state index contributed by atoms with van der Waals surface area (Å²) in [5, 5.41) is 2.92. The number of nitrogen functional groups attached to an aromatic ring is 1. The lowest BCUT2D eigenvalue weighted by Gasteiger charge is -2.32. The minimum Gasteiger partial charge on any atom is -0.477 e. The van der Waals surface area contributed by atoms with Crippen molar-refractivity contribution in [1.29, 1.82) is 0 Å². The van der Waals surface area contributed by atoms with Crippen LogP contribution in [0.4, 0.5) is 17.3 Å². The predicted molar refractivity (Wildman–Crippen MR) is 105 cm³/mol. The number of anilines is 3. The van der Waals surface area contributed by atoms with E-state index in [1.54, 1.807) is 12.1 Å². The Bertz CT molecular complexity index is 887. The molecule has 3 N–H and O–H groups in total. The van der Waals surface area contributed by atoms with Crippen molar-refractivity contribution in [3.8, 4) is 5.75 Å². The van der Waals surface area contributed by atoms with Gasteiger partial charge in [-0.15, -0.1) is 0 Å². The highest BCUT2D eigenvalue weighted by Gasteiger charge is 2.35. The lowest BCUT2D eigenvalue weighted by molar-refractivity contribution is -0.128. The molecule has 7 heteroatoms. The third-order valence-electron chi connectivity index (χ3n) is 4.54. The van der Waals surface area contributed by atoms with E-state index in [1.807, 2.05) is 39.8 Å². The number of nitrogens with zero attached hydrogens (tertiary/aromatic N) is 2. The first-order chi connectivity index (χ1) is 12.8. The molecule has 0 saturated heterocycles. The molecule has 27 heavy (non-hydrogen) atoms. The van der Waals surface area contributed by atoms with Gasteiger partial charge >= 0.3 is 0 Å². The van der Waals surface area contributed by atoms with Crippen molar-refractivity contribution in [3.05, 3.63) is 41.0 Å². The molecule has 0 spiro atoms. The highest BCUT2D eigenvalue weighted by molar-refractivity contribution is 6.06. The van der Waals surface area contributed by atoms with Gasteiger partial charge in [0, 0.05) is 5.69 Å². The molecule has 3 rings (SSSR count). The van der Waals surface area contributed by atoms with E-state index >= 15 is 0 Å². The second-order valence-electron chi connectivity index (χ2n) is 6.82. The van der Waals surface area contributed by atoms with Crippen LogP contribution in [0, 0.1) is 20.8 Å². The Labute approximate surface area is 158 Å². The number of aromatic nitrogens is 1. The van der Waals surface area contributed by atoms with E-state index in [9.17, 15) is 9.59 Å². The van der Waals surface area contributed by atoms with E-state index in [2.05, 4.69) is 10.3 Å². The summed E-state index contributed by atoms with van der Waals surface area (Å²) in [7, 11) is 0. The smallest absolute Gasteiger partial charge is 0.269 e. The number of nitrogens with two attached hydrogens (primary N) is 1. The first kappa shape index (κ1) is 18.7. The number of pyridine rings is 1. The second-order valence-corrected chi connectivity index (χ2v) is 6.82. The van der Waals surface area contributed by atoms with E-state index in [1.165, 1.54) is 4.90 Å². The van der Waals surface area contributed by atoms with Crippen molar-refractivity contribution in [3.63, 3.8) is 0 Å². The van der Waals surface area contributed by atoms with Crippen LogP contribution < -0.4 is 20.7 Å². The fourth-order valence-corrected chi connectivity index (χ4v) is 3.33. The zero-order valence-corrected chi connectivity index (χ0v) is 16.0. The monoisotopic (exact) mass is 368 g/mol. The van der Waals surface area contributed by atoms with Gasteiger partial charge in [-0.1, -0.05) is 24.6 Å². The maximum Gasteiger partial charge on any atom is 0.269 e. The molecule has 1 unspecified atom stereocenters. The number of rotatable bonds is 4. The fraction of sp³-hybridized carbons (Fsp3) is 0.350. The van der Waals surface area contributed by atoms with Crippen LogP contribution in [0.25, 0.3) is 0 Å². The number of benzene rings is 1. The molecule has 2 amide bonds. The van der Waals surface area contributed by atoms with E-state index in [-0.39, 0.29) is 30.0 Å². The van der Waals surface area contributed by atoms with E-state index in [4.69, 9.17) is 10.5 Å². The molecule has 0 aliphatic carbocycles. The van der Waals surface area contributed by atoms with Crippen molar-refractivity contribution in [1.82, 2.24) is 4.98 Å². The molecule has 1 aliphatic rings. The molecule has 0 fully saturated rings. The van der Waals surface area contributed by atoms with Crippen LogP contribution >= 0.6 is 0 Å². The SMILES string of the molecule is CCC1Oc2ccc(N)nc2N(CC(=O)Nc2c(C)cc(C)cc2C)C1=O. The number of aryl methyl sites for hydroxylation is 3. The summed E-state index contributed by atoms with van der Waals surface area (Å²) in [6, 6.07) is 7.30. The van der Waals surface area contributed by atoms with Gasteiger partial charge in [-0.2, -0.15) is 0 Å². The van der Waals surface area contributed by atoms with Crippen molar-refractivity contribution in [2.45, 2.75) is 40.2 Å². The molecule has 1 aliphatic heterocycles. The van der Waals surface area contributed by atoms with Crippen molar-refractivity contribution in [2.75, 3.05) is 22.5 Å². The molecule has 142 valence electrons. The van der Waals surface area contributed by atoms with Gasteiger partial charge in [0.15, 0.2) is 17.7 Å². The first-order valence-corrected chi connectivity index (χ1v) is 8.92. The number of ether oxygens (including phenoxy) is 1. The molecule has 1 aromatic carbocycles. The topological polar surface area (TPSA) is 97.6 Å². The van der Waals surface area contributed by atoms with Crippen LogP contribution in [0.15, 0.2) is 24.3 Å². The highest BCUT2D eigenvalue weighted by Crippen LogP contribution is 2.33. The van der Waals surface area contributed by atoms with Crippen molar-refractivity contribution in [2.24, 2.45) is 0 Å².